The number of alkyl halides is 3. The predicted octanol–water partition coefficient (Wildman–Crippen LogP) is 1.67. The van der Waals surface area contributed by atoms with Crippen molar-refractivity contribution < 1.29 is 37.0 Å². The summed E-state index contributed by atoms with van der Waals surface area (Å²) in [5.41, 5.74) is -2.11. The summed E-state index contributed by atoms with van der Waals surface area (Å²) in [5.74, 6) is -3.93. The number of aliphatic carboxylic acids is 1. The Morgan fingerprint density at radius 1 is 1.38 bits per heavy atom. The van der Waals surface area contributed by atoms with Crippen LogP contribution in [0.25, 0.3) is 0 Å². The lowest BCUT2D eigenvalue weighted by atomic mass is 10.1. The fourth-order valence-electron chi connectivity index (χ4n) is 1.45. The highest BCUT2D eigenvalue weighted by Gasteiger charge is 2.32. The van der Waals surface area contributed by atoms with E-state index in [4.69, 9.17) is 5.11 Å². The minimum atomic E-state index is -4.75. The van der Waals surface area contributed by atoms with Gasteiger partial charge in [0, 0.05) is 7.11 Å². The van der Waals surface area contributed by atoms with Crippen molar-refractivity contribution in [3.63, 3.8) is 0 Å². The molecule has 21 heavy (non-hydrogen) atoms. The quantitative estimate of drug-likeness (QED) is 0.811. The third kappa shape index (κ3) is 4.42. The Morgan fingerprint density at radius 3 is 2.48 bits per heavy atom. The van der Waals surface area contributed by atoms with Crippen molar-refractivity contribution in [2.24, 2.45) is 0 Å². The second-order valence-electron chi connectivity index (χ2n) is 4.01. The molecule has 2 N–H and O–H groups in total. The van der Waals surface area contributed by atoms with Gasteiger partial charge in [0.2, 0.25) is 0 Å². The molecule has 0 saturated carbocycles. The first-order valence-corrected chi connectivity index (χ1v) is 5.56. The lowest BCUT2D eigenvalue weighted by Crippen LogP contribution is -2.44. The summed E-state index contributed by atoms with van der Waals surface area (Å²) in [6, 6.07) is -0.215. The van der Waals surface area contributed by atoms with Gasteiger partial charge in [0.25, 0.3) is 5.91 Å². The van der Waals surface area contributed by atoms with Gasteiger partial charge in [0.05, 0.1) is 17.7 Å². The molecule has 5 nitrogen and oxygen atoms in total. The number of hydrogen-bond donors (Lipinski definition) is 2. The zero-order valence-corrected chi connectivity index (χ0v) is 10.7. The average molecular weight is 309 g/mol. The second kappa shape index (κ2) is 6.53. The van der Waals surface area contributed by atoms with Crippen LogP contribution in [0, 0.1) is 5.82 Å². The first-order valence-electron chi connectivity index (χ1n) is 5.56. The molecule has 116 valence electrons. The molecule has 0 heterocycles. The van der Waals surface area contributed by atoms with Crippen LogP contribution in [0.15, 0.2) is 18.2 Å². The van der Waals surface area contributed by atoms with Crippen LogP contribution in [0.3, 0.4) is 0 Å². The molecule has 0 radical (unpaired) electrons. The summed E-state index contributed by atoms with van der Waals surface area (Å²) >= 11 is 0. The van der Waals surface area contributed by atoms with Crippen molar-refractivity contribution in [1.82, 2.24) is 5.32 Å². The van der Waals surface area contributed by atoms with E-state index in [-0.39, 0.29) is 0 Å². The Balaban J connectivity index is 3.04. The van der Waals surface area contributed by atoms with E-state index in [2.05, 4.69) is 4.74 Å². The van der Waals surface area contributed by atoms with Crippen LogP contribution in [-0.4, -0.2) is 36.7 Å². The molecule has 1 unspecified atom stereocenters. The highest BCUT2D eigenvalue weighted by Crippen LogP contribution is 2.30. The van der Waals surface area contributed by atoms with Gasteiger partial charge in [-0.1, -0.05) is 0 Å². The van der Waals surface area contributed by atoms with Gasteiger partial charge < -0.3 is 15.2 Å². The van der Waals surface area contributed by atoms with Gasteiger partial charge >= 0.3 is 12.1 Å². The molecule has 0 bridgehead atoms. The average Bonchev–Trinajstić information content (AvgIpc) is 2.36. The van der Waals surface area contributed by atoms with Crippen molar-refractivity contribution in [2.75, 3.05) is 13.7 Å². The molecule has 0 aromatic heterocycles. The molecule has 1 aromatic carbocycles. The van der Waals surface area contributed by atoms with E-state index < -0.39 is 47.6 Å². The number of ether oxygens (including phenoxy) is 1. The number of hydrogen-bond acceptors (Lipinski definition) is 3. The Morgan fingerprint density at radius 2 is 2.00 bits per heavy atom. The lowest BCUT2D eigenvalue weighted by Gasteiger charge is -2.14. The summed E-state index contributed by atoms with van der Waals surface area (Å²) in [7, 11) is 1.17. The number of benzene rings is 1. The van der Waals surface area contributed by atoms with Gasteiger partial charge in [-0.15, -0.1) is 0 Å². The topological polar surface area (TPSA) is 75.6 Å². The number of carbonyl (C=O) groups excluding carboxylic acids is 1. The predicted molar refractivity (Wildman–Crippen MR) is 62.2 cm³/mol. The minimum absolute atomic E-state index is 0.316. The van der Waals surface area contributed by atoms with Crippen molar-refractivity contribution in [3.05, 3.63) is 35.1 Å². The smallest absolute Gasteiger partial charge is 0.416 e. The molecule has 0 spiro atoms. The molecular weight excluding hydrogens is 298 g/mol. The fraction of sp³-hybridized carbons (Fsp3) is 0.333. The molecule has 0 aliphatic rings. The molecule has 0 saturated heterocycles. The zero-order valence-electron chi connectivity index (χ0n) is 10.7. The summed E-state index contributed by atoms with van der Waals surface area (Å²) in [5, 5.41) is 10.7. The van der Waals surface area contributed by atoms with Crippen LogP contribution in [-0.2, 0) is 15.7 Å². The second-order valence-corrected chi connectivity index (χ2v) is 4.01. The van der Waals surface area contributed by atoms with E-state index in [1.807, 2.05) is 5.32 Å². The third-order valence-electron chi connectivity index (χ3n) is 2.48. The Hall–Kier alpha value is -2.16. The molecule has 0 aliphatic carbocycles. The van der Waals surface area contributed by atoms with Crippen molar-refractivity contribution >= 4 is 11.9 Å². The number of carboxylic acids is 1. The van der Waals surface area contributed by atoms with Crippen LogP contribution >= 0.6 is 0 Å². The maximum absolute atomic E-state index is 13.4. The molecule has 9 heteroatoms. The Bertz CT molecular complexity index is 545. The number of methoxy groups -OCH3 is 1. The third-order valence-corrected chi connectivity index (χ3v) is 2.48. The van der Waals surface area contributed by atoms with E-state index in [1.165, 1.54) is 7.11 Å². The van der Waals surface area contributed by atoms with Gasteiger partial charge in [0.15, 0.2) is 6.04 Å². The van der Waals surface area contributed by atoms with Crippen LogP contribution in [0.5, 0.6) is 0 Å². The molecule has 1 aromatic rings. The van der Waals surface area contributed by atoms with E-state index in [0.29, 0.717) is 18.2 Å². The Labute approximate surface area is 116 Å². The van der Waals surface area contributed by atoms with Crippen LogP contribution in [0.4, 0.5) is 17.6 Å². The number of amides is 1. The standard InChI is InChI=1S/C12H11F4NO4/c1-21-5-9(11(19)20)17-10(18)7-4-6(12(14,15)16)2-3-8(7)13/h2-4,9H,5H2,1H3,(H,17,18)(H,19,20). The number of nitrogens with one attached hydrogen (secondary N) is 1. The fourth-order valence-corrected chi connectivity index (χ4v) is 1.45. The summed E-state index contributed by atoms with van der Waals surface area (Å²) in [4.78, 5) is 22.5. The maximum Gasteiger partial charge on any atom is 0.416 e. The first-order chi connectivity index (χ1) is 9.66. The van der Waals surface area contributed by atoms with E-state index in [9.17, 15) is 27.2 Å². The summed E-state index contributed by atoms with van der Waals surface area (Å²) in [6.45, 7) is -0.415. The molecule has 1 atom stereocenters. The number of halogens is 4. The number of rotatable bonds is 5. The highest BCUT2D eigenvalue weighted by molar-refractivity contribution is 5.97. The minimum Gasteiger partial charge on any atom is -0.480 e. The van der Waals surface area contributed by atoms with Gasteiger partial charge in [-0.25, -0.2) is 9.18 Å². The van der Waals surface area contributed by atoms with E-state index in [0.717, 1.165) is 0 Å². The molecule has 0 fully saturated rings. The summed E-state index contributed by atoms with van der Waals surface area (Å²) < 4.78 is 55.5. The van der Waals surface area contributed by atoms with E-state index in [1.54, 1.807) is 0 Å². The highest BCUT2D eigenvalue weighted by atomic mass is 19.4. The van der Waals surface area contributed by atoms with Gasteiger partial charge in [-0.2, -0.15) is 13.2 Å². The molecule has 0 aliphatic heterocycles. The normalized spacial score (nSPS) is 12.8. The Kier molecular flexibility index (Phi) is 5.25. The number of carbonyl (C=O) groups is 2. The molecule has 1 amide bonds. The zero-order chi connectivity index (χ0) is 16.2. The molecule has 1 rings (SSSR count). The SMILES string of the molecule is COCC(NC(=O)c1cc(C(F)(F)F)ccc1F)C(=O)O. The first kappa shape index (κ1) is 16.9. The van der Waals surface area contributed by atoms with Gasteiger partial charge in [-0.3, -0.25) is 4.79 Å². The van der Waals surface area contributed by atoms with Crippen LogP contribution in [0.1, 0.15) is 15.9 Å². The maximum atomic E-state index is 13.4. The van der Waals surface area contributed by atoms with Crippen molar-refractivity contribution in [2.45, 2.75) is 12.2 Å². The monoisotopic (exact) mass is 309 g/mol. The van der Waals surface area contributed by atoms with E-state index >= 15 is 0 Å². The molecular formula is C12H11F4NO4. The van der Waals surface area contributed by atoms with Crippen LogP contribution in [0.2, 0.25) is 0 Å². The number of carboxylic acid groups (broad SMARTS) is 1. The van der Waals surface area contributed by atoms with Crippen LogP contribution < -0.4 is 5.32 Å². The largest absolute Gasteiger partial charge is 0.480 e. The van der Waals surface area contributed by atoms with Crippen molar-refractivity contribution in [1.29, 1.82) is 0 Å². The lowest BCUT2D eigenvalue weighted by molar-refractivity contribution is -0.140. The van der Waals surface area contributed by atoms with Gasteiger partial charge in [0.1, 0.15) is 5.82 Å². The van der Waals surface area contributed by atoms with Crippen molar-refractivity contribution in [3.8, 4) is 0 Å². The summed E-state index contributed by atoms with van der Waals surface area (Å²) in [6.07, 6.45) is -4.75. The van der Waals surface area contributed by atoms with Gasteiger partial charge in [-0.05, 0) is 18.2 Å².